The molecule has 0 bridgehead atoms. The monoisotopic (exact) mass is 384 g/mol. The fourth-order valence-corrected chi connectivity index (χ4v) is 2.44. The summed E-state index contributed by atoms with van der Waals surface area (Å²) in [6.45, 7) is 1.47. The van der Waals surface area contributed by atoms with E-state index in [9.17, 15) is 26.3 Å². The van der Waals surface area contributed by atoms with Gasteiger partial charge in [0.05, 0.1) is 6.42 Å². The van der Waals surface area contributed by atoms with Crippen LogP contribution in [-0.4, -0.2) is 37.3 Å². The summed E-state index contributed by atoms with van der Waals surface area (Å²) < 4.78 is 78.2. The first-order chi connectivity index (χ1) is 9.78. The molecule has 1 aromatic carbocycles. The van der Waals surface area contributed by atoms with E-state index in [0.29, 0.717) is 19.2 Å². The van der Waals surface area contributed by atoms with Crippen molar-refractivity contribution in [3.8, 4) is 0 Å². The molecule has 2 rings (SSSR count). The zero-order chi connectivity index (χ0) is 15.6. The van der Waals surface area contributed by atoms with E-state index in [4.69, 9.17) is 0 Å². The number of alkyl halides is 3. The lowest BCUT2D eigenvalue weighted by atomic mass is 10.00. The Balaban J connectivity index is 0.00000242. The summed E-state index contributed by atoms with van der Waals surface area (Å²) in [5, 5.41) is 2.97. The number of benzene rings is 1. The van der Waals surface area contributed by atoms with Crippen LogP contribution < -0.4 is 5.32 Å². The maximum atomic E-state index is 13.8. The second-order valence-electron chi connectivity index (χ2n) is 4.91. The smallest absolute Gasteiger partial charge is 0.314 e. The highest BCUT2D eigenvalue weighted by atomic mass is 35.5. The molecule has 10 heteroatoms. The van der Waals surface area contributed by atoms with Crippen LogP contribution in [0.15, 0.2) is 12.1 Å². The molecule has 23 heavy (non-hydrogen) atoms. The highest BCUT2D eigenvalue weighted by molar-refractivity contribution is 5.85. The summed E-state index contributed by atoms with van der Waals surface area (Å²) in [4.78, 5) is 1.43. The van der Waals surface area contributed by atoms with Crippen LogP contribution in [0.5, 0.6) is 0 Å². The average Bonchev–Trinajstić information content (AvgIpc) is 2.40. The van der Waals surface area contributed by atoms with Crippen LogP contribution in [0.25, 0.3) is 0 Å². The van der Waals surface area contributed by atoms with Gasteiger partial charge in [-0.2, -0.15) is 13.2 Å². The Kier molecular flexibility index (Phi) is 8.69. The Morgan fingerprint density at radius 2 is 1.48 bits per heavy atom. The molecule has 0 aliphatic carbocycles. The number of hydrogen-bond donors (Lipinski definition) is 1. The summed E-state index contributed by atoms with van der Waals surface area (Å²) in [5.41, 5.74) is -0.465. The van der Waals surface area contributed by atoms with Gasteiger partial charge in [-0.3, -0.25) is 4.90 Å². The number of piperazine rings is 1. The molecule has 0 aromatic heterocycles. The van der Waals surface area contributed by atoms with Crippen molar-refractivity contribution in [1.29, 1.82) is 0 Å². The number of nitrogens with zero attached hydrogens (tertiary/aromatic N) is 1. The molecular weight excluding hydrogens is 369 g/mol. The fourth-order valence-electron chi connectivity index (χ4n) is 2.44. The molecule has 1 heterocycles. The van der Waals surface area contributed by atoms with Gasteiger partial charge in [-0.25, -0.2) is 13.2 Å². The van der Waals surface area contributed by atoms with Crippen LogP contribution >= 0.6 is 24.8 Å². The molecule has 2 nitrogen and oxygen atoms in total. The van der Waals surface area contributed by atoms with Crippen molar-refractivity contribution in [3.63, 3.8) is 0 Å². The SMILES string of the molecule is Cl.Cl.Fc1cc(F)c([C@@H](CC(F)(F)F)N2CCNCC2)cc1F. The van der Waals surface area contributed by atoms with Crippen LogP contribution in [0.4, 0.5) is 26.3 Å². The van der Waals surface area contributed by atoms with E-state index in [1.54, 1.807) is 0 Å². The topological polar surface area (TPSA) is 15.3 Å². The van der Waals surface area contributed by atoms with Crippen molar-refractivity contribution >= 4 is 24.8 Å². The Morgan fingerprint density at radius 3 is 2.00 bits per heavy atom. The van der Waals surface area contributed by atoms with E-state index in [1.165, 1.54) is 4.90 Å². The molecule has 1 aromatic rings. The summed E-state index contributed by atoms with van der Waals surface area (Å²) >= 11 is 0. The van der Waals surface area contributed by atoms with Gasteiger partial charge in [0.1, 0.15) is 5.82 Å². The number of nitrogens with one attached hydrogen (secondary N) is 1. The lowest BCUT2D eigenvalue weighted by Crippen LogP contribution is -2.46. The quantitative estimate of drug-likeness (QED) is 0.628. The molecule has 1 saturated heterocycles. The first-order valence-corrected chi connectivity index (χ1v) is 6.44. The van der Waals surface area contributed by atoms with Crippen LogP contribution in [0, 0.1) is 17.5 Å². The van der Waals surface area contributed by atoms with Gasteiger partial charge in [-0.1, -0.05) is 0 Å². The summed E-state index contributed by atoms with van der Waals surface area (Å²) in [7, 11) is 0. The first-order valence-electron chi connectivity index (χ1n) is 6.44. The van der Waals surface area contributed by atoms with Crippen LogP contribution in [0.1, 0.15) is 18.0 Å². The Labute approximate surface area is 142 Å². The van der Waals surface area contributed by atoms with E-state index in [2.05, 4.69) is 5.32 Å². The van der Waals surface area contributed by atoms with Gasteiger partial charge in [0.15, 0.2) is 11.6 Å². The molecule has 0 unspecified atom stereocenters. The van der Waals surface area contributed by atoms with Crippen molar-refractivity contribution in [2.24, 2.45) is 0 Å². The van der Waals surface area contributed by atoms with E-state index in [0.717, 1.165) is 0 Å². The summed E-state index contributed by atoms with van der Waals surface area (Å²) in [5.74, 6) is -3.93. The van der Waals surface area contributed by atoms with Gasteiger partial charge >= 0.3 is 6.18 Å². The van der Waals surface area contributed by atoms with Gasteiger partial charge in [0.25, 0.3) is 0 Å². The predicted octanol–water partition coefficient (Wildman–Crippen LogP) is 3.85. The zero-order valence-electron chi connectivity index (χ0n) is 11.8. The molecule has 1 fully saturated rings. The number of hydrogen-bond acceptors (Lipinski definition) is 2. The molecule has 0 amide bonds. The van der Waals surface area contributed by atoms with E-state index in [1.807, 2.05) is 0 Å². The minimum atomic E-state index is -4.53. The number of halogens is 8. The summed E-state index contributed by atoms with van der Waals surface area (Å²) in [6, 6.07) is -0.554. The van der Waals surface area contributed by atoms with E-state index < -0.39 is 41.7 Å². The largest absolute Gasteiger partial charge is 0.390 e. The fraction of sp³-hybridized carbons (Fsp3) is 0.538. The lowest BCUT2D eigenvalue weighted by molar-refractivity contribution is -0.149. The lowest BCUT2D eigenvalue weighted by Gasteiger charge is -2.35. The summed E-state index contributed by atoms with van der Waals surface area (Å²) in [6.07, 6.45) is -5.85. The molecule has 1 atom stereocenters. The van der Waals surface area contributed by atoms with Gasteiger partial charge in [0.2, 0.25) is 0 Å². The molecule has 1 N–H and O–H groups in total. The highest BCUT2D eigenvalue weighted by Gasteiger charge is 2.37. The maximum Gasteiger partial charge on any atom is 0.390 e. The third-order valence-corrected chi connectivity index (χ3v) is 3.42. The first kappa shape index (κ1) is 22.3. The van der Waals surface area contributed by atoms with Crippen molar-refractivity contribution in [2.75, 3.05) is 26.2 Å². The molecular formula is C13H16Cl2F6N2. The van der Waals surface area contributed by atoms with Gasteiger partial charge in [-0.05, 0) is 6.07 Å². The Hall–Kier alpha value is -0.700. The highest BCUT2D eigenvalue weighted by Crippen LogP contribution is 2.35. The van der Waals surface area contributed by atoms with Crippen LogP contribution in [0.3, 0.4) is 0 Å². The second-order valence-corrected chi connectivity index (χ2v) is 4.91. The van der Waals surface area contributed by atoms with E-state index in [-0.39, 0.29) is 44.0 Å². The molecule has 1 aliphatic heterocycles. The van der Waals surface area contributed by atoms with Gasteiger partial charge in [-0.15, -0.1) is 24.8 Å². The van der Waals surface area contributed by atoms with Crippen molar-refractivity contribution in [1.82, 2.24) is 10.2 Å². The zero-order valence-corrected chi connectivity index (χ0v) is 13.4. The minimum Gasteiger partial charge on any atom is -0.314 e. The molecule has 0 radical (unpaired) electrons. The second kappa shape index (κ2) is 8.96. The molecule has 134 valence electrons. The van der Waals surface area contributed by atoms with Crippen molar-refractivity contribution in [2.45, 2.75) is 18.6 Å². The number of rotatable bonds is 3. The molecule has 1 aliphatic rings. The Morgan fingerprint density at radius 1 is 0.957 bits per heavy atom. The van der Waals surface area contributed by atoms with Crippen LogP contribution in [0.2, 0.25) is 0 Å². The molecule has 0 spiro atoms. The van der Waals surface area contributed by atoms with Crippen LogP contribution in [-0.2, 0) is 0 Å². The molecule has 0 saturated carbocycles. The third kappa shape index (κ3) is 6.02. The van der Waals surface area contributed by atoms with E-state index >= 15 is 0 Å². The minimum absolute atomic E-state index is 0. The van der Waals surface area contributed by atoms with Gasteiger partial charge in [0, 0.05) is 43.9 Å². The third-order valence-electron chi connectivity index (χ3n) is 3.42. The van der Waals surface area contributed by atoms with Crippen molar-refractivity contribution in [3.05, 3.63) is 35.1 Å². The average molecular weight is 385 g/mol. The maximum absolute atomic E-state index is 13.8. The standard InChI is InChI=1S/C13H14F6N2.2ClH/c14-9-6-11(16)10(15)5-8(9)12(7-13(17,18)19)21-3-1-20-2-4-21;;/h5-6,12,20H,1-4,7H2;2*1H/t12-;;/m1../s1. The van der Waals surface area contributed by atoms with Gasteiger partial charge < -0.3 is 5.32 Å². The normalized spacial score (nSPS) is 17.1. The Bertz CT molecular complexity index is 506. The predicted molar refractivity (Wildman–Crippen MR) is 78.7 cm³/mol. The van der Waals surface area contributed by atoms with Crippen molar-refractivity contribution < 1.29 is 26.3 Å².